The highest BCUT2D eigenvalue weighted by Gasteiger charge is 2.35. The Labute approximate surface area is 94.5 Å². The SMILES string of the molecule is CCC(O)(CNC(C)C)C1CCCCC1. The zero-order valence-electron chi connectivity index (χ0n) is 10.6. The predicted molar refractivity (Wildman–Crippen MR) is 65.0 cm³/mol. The van der Waals surface area contributed by atoms with Crippen LogP contribution in [0.2, 0.25) is 0 Å². The van der Waals surface area contributed by atoms with Gasteiger partial charge in [0, 0.05) is 12.6 Å². The van der Waals surface area contributed by atoms with Crippen LogP contribution < -0.4 is 5.32 Å². The molecule has 2 nitrogen and oxygen atoms in total. The van der Waals surface area contributed by atoms with Crippen LogP contribution in [0.4, 0.5) is 0 Å². The first-order valence-electron chi connectivity index (χ1n) is 6.54. The average Bonchev–Trinajstić information content (AvgIpc) is 2.27. The highest BCUT2D eigenvalue weighted by atomic mass is 16.3. The lowest BCUT2D eigenvalue weighted by atomic mass is 9.75. The van der Waals surface area contributed by atoms with Gasteiger partial charge in [0.25, 0.3) is 0 Å². The summed E-state index contributed by atoms with van der Waals surface area (Å²) in [7, 11) is 0. The van der Waals surface area contributed by atoms with Gasteiger partial charge in [0.15, 0.2) is 0 Å². The molecular weight excluding hydrogens is 186 g/mol. The average molecular weight is 213 g/mol. The standard InChI is InChI=1S/C13H27NO/c1-4-13(15,10-14-11(2)3)12-8-6-5-7-9-12/h11-12,14-15H,4-10H2,1-3H3. The van der Waals surface area contributed by atoms with Crippen LogP contribution in [0, 0.1) is 5.92 Å². The summed E-state index contributed by atoms with van der Waals surface area (Å²) in [4.78, 5) is 0. The quantitative estimate of drug-likeness (QED) is 0.736. The van der Waals surface area contributed by atoms with E-state index in [9.17, 15) is 5.11 Å². The highest BCUT2D eigenvalue weighted by Crippen LogP contribution is 2.34. The molecule has 0 aromatic heterocycles. The first-order valence-corrected chi connectivity index (χ1v) is 6.54. The van der Waals surface area contributed by atoms with Crippen molar-refractivity contribution in [1.82, 2.24) is 5.32 Å². The fourth-order valence-electron chi connectivity index (χ4n) is 2.58. The van der Waals surface area contributed by atoms with E-state index in [4.69, 9.17) is 0 Å². The third-order valence-corrected chi connectivity index (χ3v) is 3.79. The smallest absolute Gasteiger partial charge is 0.0797 e. The van der Waals surface area contributed by atoms with Crippen LogP contribution in [0.1, 0.15) is 59.3 Å². The summed E-state index contributed by atoms with van der Waals surface area (Å²) >= 11 is 0. The van der Waals surface area contributed by atoms with Crippen LogP contribution in [0.25, 0.3) is 0 Å². The van der Waals surface area contributed by atoms with Crippen LogP contribution >= 0.6 is 0 Å². The molecule has 2 N–H and O–H groups in total. The molecule has 0 bridgehead atoms. The molecule has 0 saturated heterocycles. The van der Waals surface area contributed by atoms with E-state index >= 15 is 0 Å². The van der Waals surface area contributed by atoms with Gasteiger partial charge in [0.05, 0.1) is 5.60 Å². The van der Waals surface area contributed by atoms with E-state index in [1.54, 1.807) is 0 Å². The lowest BCUT2D eigenvalue weighted by Gasteiger charge is -2.38. The van der Waals surface area contributed by atoms with Crippen LogP contribution in [-0.4, -0.2) is 23.3 Å². The molecule has 1 aliphatic carbocycles. The maximum Gasteiger partial charge on any atom is 0.0797 e. The minimum absolute atomic E-state index is 0.465. The highest BCUT2D eigenvalue weighted by molar-refractivity contribution is 4.89. The summed E-state index contributed by atoms with van der Waals surface area (Å²) in [6.07, 6.45) is 7.25. The molecule has 1 atom stereocenters. The Morgan fingerprint density at radius 2 is 1.87 bits per heavy atom. The van der Waals surface area contributed by atoms with Gasteiger partial charge in [-0.2, -0.15) is 0 Å². The van der Waals surface area contributed by atoms with Crippen LogP contribution in [0.3, 0.4) is 0 Å². The fourth-order valence-corrected chi connectivity index (χ4v) is 2.58. The van der Waals surface area contributed by atoms with Crippen LogP contribution in [-0.2, 0) is 0 Å². The molecule has 1 unspecified atom stereocenters. The first kappa shape index (κ1) is 13.0. The second-order valence-electron chi connectivity index (χ2n) is 5.33. The Bertz CT molecular complexity index is 175. The Morgan fingerprint density at radius 3 is 2.33 bits per heavy atom. The van der Waals surface area contributed by atoms with Crippen molar-refractivity contribution in [3.63, 3.8) is 0 Å². The summed E-state index contributed by atoms with van der Waals surface area (Å²) in [6, 6.07) is 0.465. The molecule has 0 radical (unpaired) electrons. The van der Waals surface area contributed by atoms with E-state index in [0.29, 0.717) is 12.0 Å². The van der Waals surface area contributed by atoms with Crippen molar-refractivity contribution in [2.45, 2.75) is 70.9 Å². The second kappa shape index (κ2) is 5.86. The van der Waals surface area contributed by atoms with Gasteiger partial charge in [-0.25, -0.2) is 0 Å². The molecule has 0 aromatic carbocycles. The van der Waals surface area contributed by atoms with Crippen molar-refractivity contribution in [3.8, 4) is 0 Å². The van der Waals surface area contributed by atoms with Crippen molar-refractivity contribution in [3.05, 3.63) is 0 Å². The van der Waals surface area contributed by atoms with Gasteiger partial charge < -0.3 is 10.4 Å². The van der Waals surface area contributed by atoms with Gasteiger partial charge in [-0.1, -0.05) is 40.0 Å². The molecule has 0 spiro atoms. The zero-order valence-corrected chi connectivity index (χ0v) is 10.6. The molecule has 1 saturated carbocycles. The summed E-state index contributed by atoms with van der Waals surface area (Å²) < 4.78 is 0. The summed E-state index contributed by atoms with van der Waals surface area (Å²) in [5.74, 6) is 0.516. The van der Waals surface area contributed by atoms with Gasteiger partial charge in [0.2, 0.25) is 0 Å². The monoisotopic (exact) mass is 213 g/mol. The molecule has 15 heavy (non-hydrogen) atoms. The fraction of sp³-hybridized carbons (Fsp3) is 1.00. The van der Waals surface area contributed by atoms with E-state index in [1.165, 1.54) is 32.1 Å². The third kappa shape index (κ3) is 3.76. The molecule has 1 fully saturated rings. The number of nitrogens with one attached hydrogen (secondary N) is 1. The lowest BCUT2D eigenvalue weighted by Crippen LogP contribution is -2.48. The minimum Gasteiger partial charge on any atom is -0.388 e. The Kier molecular flexibility index (Phi) is 5.07. The largest absolute Gasteiger partial charge is 0.388 e. The molecular formula is C13H27NO. The normalized spacial score (nSPS) is 23.0. The van der Waals surface area contributed by atoms with E-state index in [-0.39, 0.29) is 0 Å². The molecule has 1 rings (SSSR count). The van der Waals surface area contributed by atoms with Gasteiger partial charge in [0.1, 0.15) is 0 Å². The van der Waals surface area contributed by atoms with Crippen molar-refractivity contribution in [2.24, 2.45) is 5.92 Å². The Balaban J connectivity index is 2.49. The van der Waals surface area contributed by atoms with E-state index < -0.39 is 5.60 Å². The Morgan fingerprint density at radius 1 is 1.27 bits per heavy atom. The maximum absolute atomic E-state index is 10.6. The number of rotatable bonds is 5. The molecule has 1 aliphatic rings. The third-order valence-electron chi connectivity index (χ3n) is 3.79. The van der Waals surface area contributed by atoms with Crippen LogP contribution in [0.5, 0.6) is 0 Å². The molecule has 90 valence electrons. The molecule has 2 heteroatoms. The molecule has 0 aromatic rings. The van der Waals surface area contributed by atoms with Crippen molar-refractivity contribution in [1.29, 1.82) is 0 Å². The zero-order chi connectivity index (χ0) is 11.3. The molecule has 0 amide bonds. The lowest BCUT2D eigenvalue weighted by molar-refractivity contribution is -0.0361. The number of aliphatic hydroxyl groups is 1. The van der Waals surface area contributed by atoms with Crippen molar-refractivity contribution < 1.29 is 5.11 Å². The van der Waals surface area contributed by atoms with Crippen molar-refractivity contribution >= 4 is 0 Å². The summed E-state index contributed by atoms with van der Waals surface area (Å²) in [6.45, 7) is 7.14. The Hall–Kier alpha value is -0.0800. The van der Waals surface area contributed by atoms with Gasteiger partial charge in [-0.05, 0) is 25.2 Å². The second-order valence-corrected chi connectivity index (χ2v) is 5.33. The van der Waals surface area contributed by atoms with Gasteiger partial charge >= 0.3 is 0 Å². The van der Waals surface area contributed by atoms with Crippen LogP contribution in [0.15, 0.2) is 0 Å². The minimum atomic E-state index is -0.468. The van der Waals surface area contributed by atoms with E-state index in [0.717, 1.165) is 13.0 Å². The summed E-state index contributed by atoms with van der Waals surface area (Å²) in [5.41, 5.74) is -0.468. The predicted octanol–water partition coefficient (Wildman–Crippen LogP) is 2.71. The van der Waals surface area contributed by atoms with Crippen molar-refractivity contribution in [2.75, 3.05) is 6.54 Å². The molecule has 0 heterocycles. The molecule has 0 aliphatic heterocycles. The maximum atomic E-state index is 10.6. The first-order chi connectivity index (χ1) is 7.08. The van der Waals surface area contributed by atoms with E-state index in [1.807, 2.05) is 0 Å². The summed E-state index contributed by atoms with van der Waals surface area (Å²) in [5, 5.41) is 14.0. The number of hydrogen-bond donors (Lipinski definition) is 2. The topological polar surface area (TPSA) is 32.3 Å². The van der Waals surface area contributed by atoms with Gasteiger partial charge in [-0.3, -0.25) is 0 Å². The van der Waals surface area contributed by atoms with Gasteiger partial charge in [-0.15, -0.1) is 0 Å². The van der Waals surface area contributed by atoms with E-state index in [2.05, 4.69) is 26.1 Å². The number of hydrogen-bond acceptors (Lipinski definition) is 2.